The molecule has 6 heteroatoms. The first-order valence-corrected chi connectivity index (χ1v) is 6.08. The summed E-state index contributed by atoms with van der Waals surface area (Å²) in [5.74, 6) is 0.937. The molecule has 0 radical (unpaired) electrons. The molecule has 1 aliphatic heterocycles. The fourth-order valence-electron chi connectivity index (χ4n) is 1.53. The summed E-state index contributed by atoms with van der Waals surface area (Å²) >= 11 is 0. The predicted octanol–water partition coefficient (Wildman–Crippen LogP) is 1.48. The number of hydrogen-bond acceptors (Lipinski definition) is 3. The lowest BCUT2D eigenvalue weighted by Crippen LogP contribution is -2.08. The second-order valence-corrected chi connectivity index (χ2v) is 4.47. The van der Waals surface area contributed by atoms with Crippen LogP contribution in [0.1, 0.15) is 12.0 Å². The predicted molar refractivity (Wildman–Crippen MR) is 52.9 cm³/mol. The van der Waals surface area contributed by atoms with Crippen molar-refractivity contribution in [3.63, 3.8) is 0 Å². The van der Waals surface area contributed by atoms with E-state index in [0.717, 1.165) is 24.2 Å². The maximum Gasteiger partial charge on any atom is 0.524 e. The molecule has 2 rings (SSSR count). The van der Waals surface area contributed by atoms with Crippen molar-refractivity contribution >= 4 is 7.82 Å². The lowest BCUT2D eigenvalue weighted by molar-refractivity contribution is 0.278. The molecule has 2 N–H and O–H groups in total. The summed E-state index contributed by atoms with van der Waals surface area (Å²) in [6.45, 7) is 0.686. The summed E-state index contributed by atoms with van der Waals surface area (Å²) < 4.78 is 20.4. The highest BCUT2D eigenvalue weighted by atomic mass is 31.2. The zero-order valence-corrected chi connectivity index (χ0v) is 8.81. The van der Waals surface area contributed by atoms with Crippen LogP contribution in [0.25, 0.3) is 0 Å². The van der Waals surface area contributed by atoms with Crippen LogP contribution in [-0.4, -0.2) is 16.4 Å². The van der Waals surface area contributed by atoms with Crippen molar-refractivity contribution < 1.29 is 23.6 Å². The molecule has 0 amide bonds. The molecule has 1 aromatic rings. The molecule has 1 heterocycles. The Kier molecular flexibility index (Phi) is 2.69. The lowest BCUT2D eigenvalue weighted by atomic mass is 10.1. The average molecular weight is 230 g/mol. The standard InChI is InChI=1S/C9H11O5P/c10-15(11,12)14-8-3-4-9-7(6-8)2-1-5-13-9/h3-4,6H,1-2,5H2,(H2,10,11,12). The van der Waals surface area contributed by atoms with Gasteiger partial charge in [-0.05, 0) is 36.6 Å². The van der Waals surface area contributed by atoms with Gasteiger partial charge in [-0.15, -0.1) is 0 Å². The molecule has 15 heavy (non-hydrogen) atoms. The van der Waals surface area contributed by atoms with Crippen molar-refractivity contribution in [1.29, 1.82) is 0 Å². The smallest absolute Gasteiger partial charge is 0.493 e. The second kappa shape index (κ2) is 3.85. The Labute approximate surface area is 86.9 Å². The highest BCUT2D eigenvalue weighted by Crippen LogP contribution is 2.39. The monoisotopic (exact) mass is 230 g/mol. The molecule has 1 aliphatic rings. The van der Waals surface area contributed by atoms with E-state index >= 15 is 0 Å². The Morgan fingerprint density at radius 3 is 2.93 bits per heavy atom. The fourth-order valence-corrected chi connectivity index (χ4v) is 1.92. The second-order valence-electron chi connectivity index (χ2n) is 3.30. The van der Waals surface area contributed by atoms with E-state index in [2.05, 4.69) is 4.52 Å². The van der Waals surface area contributed by atoms with Crippen LogP contribution in [0.5, 0.6) is 11.5 Å². The van der Waals surface area contributed by atoms with Gasteiger partial charge >= 0.3 is 7.82 Å². The van der Waals surface area contributed by atoms with Gasteiger partial charge in [-0.2, -0.15) is 0 Å². The van der Waals surface area contributed by atoms with Gasteiger partial charge in [-0.1, -0.05) is 0 Å². The van der Waals surface area contributed by atoms with Crippen LogP contribution in [-0.2, 0) is 11.0 Å². The molecule has 0 spiro atoms. The Morgan fingerprint density at radius 1 is 1.40 bits per heavy atom. The summed E-state index contributed by atoms with van der Waals surface area (Å²) in [5.41, 5.74) is 0.923. The van der Waals surface area contributed by atoms with Crippen molar-refractivity contribution in [3.05, 3.63) is 23.8 Å². The van der Waals surface area contributed by atoms with Crippen LogP contribution in [0.3, 0.4) is 0 Å². The number of hydrogen-bond donors (Lipinski definition) is 2. The van der Waals surface area contributed by atoms with E-state index in [1.807, 2.05) is 0 Å². The molecular formula is C9H11O5P. The van der Waals surface area contributed by atoms with Gasteiger partial charge in [0.25, 0.3) is 0 Å². The topological polar surface area (TPSA) is 76.0 Å². The van der Waals surface area contributed by atoms with Crippen molar-refractivity contribution in [2.45, 2.75) is 12.8 Å². The third-order valence-corrected chi connectivity index (χ3v) is 2.55. The third kappa shape index (κ3) is 2.72. The first-order chi connectivity index (χ1) is 7.04. The Morgan fingerprint density at radius 2 is 2.20 bits per heavy atom. The van der Waals surface area contributed by atoms with Crippen molar-refractivity contribution in [1.82, 2.24) is 0 Å². The van der Waals surface area contributed by atoms with Gasteiger partial charge in [-0.3, -0.25) is 9.79 Å². The molecule has 0 bridgehead atoms. The van der Waals surface area contributed by atoms with E-state index in [-0.39, 0.29) is 5.75 Å². The van der Waals surface area contributed by atoms with Gasteiger partial charge in [-0.25, -0.2) is 4.57 Å². The van der Waals surface area contributed by atoms with E-state index < -0.39 is 7.82 Å². The van der Waals surface area contributed by atoms with E-state index in [1.165, 1.54) is 6.07 Å². The Balaban J connectivity index is 2.24. The third-order valence-electron chi connectivity index (χ3n) is 2.10. The summed E-state index contributed by atoms with van der Waals surface area (Å²) in [6, 6.07) is 4.76. The number of phosphoric ester groups is 1. The molecule has 0 saturated carbocycles. The number of fused-ring (bicyclic) bond motifs is 1. The maximum absolute atomic E-state index is 10.6. The summed E-state index contributed by atoms with van der Waals surface area (Å²) in [6.07, 6.45) is 1.75. The SMILES string of the molecule is O=P(O)(O)Oc1ccc2c(c1)CCCO2. The van der Waals surface area contributed by atoms with Crippen molar-refractivity contribution in [2.75, 3.05) is 6.61 Å². The van der Waals surface area contributed by atoms with Crippen LogP contribution in [0.4, 0.5) is 0 Å². The van der Waals surface area contributed by atoms with Gasteiger partial charge in [0.05, 0.1) is 6.61 Å². The minimum Gasteiger partial charge on any atom is -0.493 e. The quantitative estimate of drug-likeness (QED) is 0.752. The van der Waals surface area contributed by atoms with Crippen LogP contribution in [0.15, 0.2) is 18.2 Å². The van der Waals surface area contributed by atoms with Crippen LogP contribution in [0.2, 0.25) is 0 Å². The first-order valence-electron chi connectivity index (χ1n) is 4.55. The van der Waals surface area contributed by atoms with Crippen molar-refractivity contribution in [2.24, 2.45) is 0 Å². The fraction of sp³-hybridized carbons (Fsp3) is 0.333. The average Bonchev–Trinajstić information content (AvgIpc) is 2.15. The van der Waals surface area contributed by atoms with Crippen LogP contribution < -0.4 is 9.26 Å². The molecule has 0 aliphatic carbocycles. The minimum atomic E-state index is -4.46. The highest BCUT2D eigenvalue weighted by molar-refractivity contribution is 7.46. The number of phosphoric acid groups is 1. The maximum atomic E-state index is 10.6. The first kappa shape index (κ1) is 10.5. The highest BCUT2D eigenvalue weighted by Gasteiger charge is 2.18. The molecule has 0 unspecified atom stereocenters. The molecule has 0 atom stereocenters. The van der Waals surface area contributed by atoms with Crippen molar-refractivity contribution in [3.8, 4) is 11.5 Å². The summed E-state index contributed by atoms with van der Waals surface area (Å²) in [7, 11) is -4.46. The zero-order chi connectivity index (χ0) is 10.9. The number of benzene rings is 1. The van der Waals surface area contributed by atoms with Gasteiger partial charge in [0, 0.05) is 0 Å². The summed E-state index contributed by atoms with van der Waals surface area (Å²) in [4.78, 5) is 17.3. The molecule has 5 nitrogen and oxygen atoms in total. The van der Waals surface area contributed by atoms with Crippen LogP contribution >= 0.6 is 7.82 Å². The number of ether oxygens (including phenoxy) is 1. The van der Waals surface area contributed by atoms with Crippen LogP contribution in [0, 0.1) is 0 Å². The largest absolute Gasteiger partial charge is 0.524 e. The Hall–Kier alpha value is -1.03. The van der Waals surface area contributed by atoms with E-state index in [4.69, 9.17) is 14.5 Å². The van der Waals surface area contributed by atoms with E-state index in [9.17, 15) is 4.57 Å². The molecule has 0 fully saturated rings. The Bertz CT molecular complexity index is 411. The normalized spacial score (nSPS) is 15.3. The van der Waals surface area contributed by atoms with E-state index in [1.54, 1.807) is 12.1 Å². The molecular weight excluding hydrogens is 219 g/mol. The van der Waals surface area contributed by atoms with Gasteiger partial charge < -0.3 is 9.26 Å². The lowest BCUT2D eigenvalue weighted by Gasteiger charge is -2.17. The van der Waals surface area contributed by atoms with E-state index in [0.29, 0.717) is 6.61 Å². The number of rotatable bonds is 2. The van der Waals surface area contributed by atoms with Gasteiger partial charge in [0.15, 0.2) is 0 Å². The summed E-state index contributed by atoms with van der Waals surface area (Å²) in [5, 5.41) is 0. The molecule has 82 valence electrons. The molecule has 0 aromatic heterocycles. The molecule has 0 saturated heterocycles. The minimum absolute atomic E-state index is 0.174. The molecule has 1 aromatic carbocycles. The van der Waals surface area contributed by atoms with Gasteiger partial charge in [0.2, 0.25) is 0 Å². The number of aryl methyl sites for hydroxylation is 1. The van der Waals surface area contributed by atoms with Gasteiger partial charge in [0.1, 0.15) is 11.5 Å². The zero-order valence-electron chi connectivity index (χ0n) is 7.92.